The van der Waals surface area contributed by atoms with Crippen LogP contribution in [0.3, 0.4) is 0 Å². The molecule has 0 unspecified atom stereocenters. The summed E-state index contributed by atoms with van der Waals surface area (Å²) in [4.78, 5) is 24.2. The van der Waals surface area contributed by atoms with E-state index in [-0.39, 0.29) is 16.8 Å². The highest BCUT2D eigenvalue weighted by atomic mass is 19.1. The zero-order chi connectivity index (χ0) is 15.6. The molecule has 0 saturated carbocycles. The summed E-state index contributed by atoms with van der Waals surface area (Å²) in [5, 5.41) is 10.9. The van der Waals surface area contributed by atoms with Gasteiger partial charge in [0.05, 0.1) is 10.5 Å². The Hall–Kier alpha value is -1.98. The molecule has 0 N–H and O–H groups in total. The molecule has 1 aromatic carbocycles. The third-order valence-corrected chi connectivity index (χ3v) is 4.16. The first-order valence-electron chi connectivity index (χ1n) is 7.17. The Bertz CT molecular complexity index is 566. The van der Waals surface area contributed by atoms with Crippen molar-refractivity contribution in [1.82, 2.24) is 4.90 Å². The molecular weight excluding hydrogens is 275 g/mol. The second-order valence-corrected chi connectivity index (χ2v) is 5.53. The van der Waals surface area contributed by atoms with Crippen molar-refractivity contribution in [3.8, 4) is 0 Å². The van der Waals surface area contributed by atoms with Crippen LogP contribution < -0.4 is 0 Å². The first kappa shape index (κ1) is 15.4. The maximum absolute atomic E-state index is 14.1. The Labute approximate surface area is 122 Å². The van der Waals surface area contributed by atoms with E-state index in [2.05, 4.69) is 6.92 Å². The van der Waals surface area contributed by atoms with Gasteiger partial charge in [-0.1, -0.05) is 13.3 Å². The van der Waals surface area contributed by atoms with Crippen LogP contribution in [-0.2, 0) is 0 Å². The Morgan fingerprint density at radius 3 is 2.57 bits per heavy atom. The normalized spacial score (nSPS) is 16.0. The van der Waals surface area contributed by atoms with Crippen molar-refractivity contribution in [1.29, 1.82) is 0 Å². The van der Waals surface area contributed by atoms with Crippen molar-refractivity contribution in [2.24, 2.45) is 5.92 Å². The molecule has 1 amide bonds. The standard InChI is InChI=1S/C15H19FN2O3/c1-3-11-4-6-17(7-5-11)15(19)13-9-12(18(20)21)8-10(2)14(13)16/h8-9,11H,3-7H2,1-2H3. The van der Waals surface area contributed by atoms with Crippen LogP contribution in [0.25, 0.3) is 0 Å². The van der Waals surface area contributed by atoms with Gasteiger partial charge in [0, 0.05) is 25.2 Å². The number of aryl methyl sites for hydroxylation is 1. The zero-order valence-corrected chi connectivity index (χ0v) is 12.3. The summed E-state index contributed by atoms with van der Waals surface area (Å²) in [6, 6.07) is 2.19. The Kier molecular flexibility index (Phi) is 4.55. The molecule has 114 valence electrons. The van der Waals surface area contributed by atoms with Crippen LogP contribution in [-0.4, -0.2) is 28.8 Å². The van der Waals surface area contributed by atoms with E-state index in [1.807, 2.05) is 0 Å². The van der Waals surface area contributed by atoms with E-state index in [1.165, 1.54) is 6.92 Å². The lowest BCUT2D eigenvalue weighted by Gasteiger charge is -2.31. The Morgan fingerprint density at radius 2 is 2.05 bits per heavy atom. The van der Waals surface area contributed by atoms with Gasteiger partial charge in [-0.2, -0.15) is 0 Å². The van der Waals surface area contributed by atoms with Gasteiger partial charge in [0.1, 0.15) is 5.82 Å². The molecule has 5 nitrogen and oxygen atoms in total. The van der Waals surface area contributed by atoms with Crippen LogP contribution in [0.15, 0.2) is 12.1 Å². The van der Waals surface area contributed by atoms with Gasteiger partial charge in [-0.15, -0.1) is 0 Å². The van der Waals surface area contributed by atoms with Gasteiger partial charge < -0.3 is 4.90 Å². The molecule has 0 radical (unpaired) electrons. The molecule has 1 heterocycles. The summed E-state index contributed by atoms with van der Waals surface area (Å²) in [5.74, 6) is -0.511. The van der Waals surface area contributed by atoms with Crippen LogP contribution in [0, 0.1) is 28.8 Å². The number of likely N-dealkylation sites (tertiary alicyclic amines) is 1. The summed E-state index contributed by atoms with van der Waals surface area (Å²) >= 11 is 0. The summed E-state index contributed by atoms with van der Waals surface area (Å²) in [5.41, 5.74) is -0.326. The fourth-order valence-corrected chi connectivity index (χ4v) is 2.73. The molecule has 0 aliphatic carbocycles. The molecule has 0 bridgehead atoms. The zero-order valence-electron chi connectivity index (χ0n) is 12.3. The lowest BCUT2D eigenvalue weighted by molar-refractivity contribution is -0.385. The van der Waals surface area contributed by atoms with Gasteiger partial charge in [0.2, 0.25) is 0 Å². The maximum atomic E-state index is 14.1. The molecule has 21 heavy (non-hydrogen) atoms. The molecule has 1 aromatic rings. The smallest absolute Gasteiger partial charge is 0.270 e. The van der Waals surface area contributed by atoms with Crippen molar-refractivity contribution in [3.05, 3.63) is 39.2 Å². The fourth-order valence-electron chi connectivity index (χ4n) is 2.73. The lowest BCUT2D eigenvalue weighted by atomic mass is 9.94. The van der Waals surface area contributed by atoms with E-state index in [0.717, 1.165) is 31.4 Å². The summed E-state index contributed by atoms with van der Waals surface area (Å²) in [6.45, 7) is 4.71. The molecule has 1 aliphatic heterocycles. The van der Waals surface area contributed by atoms with Crippen molar-refractivity contribution < 1.29 is 14.1 Å². The molecule has 0 atom stereocenters. The third-order valence-electron chi connectivity index (χ3n) is 4.16. The van der Waals surface area contributed by atoms with Gasteiger partial charge in [0.25, 0.3) is 11.6 Å². The summed E-state index contributed by atoms with van der Waals surface area (Å²) in [6.07, 6.45) is 2.88. The Balaban J connectivity index is 2.25. The molecular formula is C15H19FN2O3. The average molecular weight is 294 g/mol. The predicted molar refractivity (Wildman–Crippen MR) is 76.7 cm³/mol. The third kappa shape index (κ3) is 3.20. The fraction of sp³-hybridized carbons (Fsp3) is 0.533. The number of halogens is 1. The number of carbonyl (C=O) groups is 1. The van der Waals surface area contributed by atoms with Gasteiger partial charge in [-0.25, -0.2) is 4.39 Å². The minimum atomic E-state index is -0.664. The highest BCUT2D eigenvalue weighted by Crippen LogP contribution is 2.25. The number of nitro benzene ring substituents is 1. The van der Waals surface area contributed by atoms with Gasteiger partial charge >= 0.3 is 0 Å². The average Bonchev–Trinajstić information content (AvgIpc) is 2.49. The second kappa shape index (κ2) is 6.20. The summed E-state index contributed by atoms with van der Waals surface area (Å²) in [7, 11) is 0. The number of rotatable bonds is 3. The number of non-ortho nitro benzene ring substituents is 1. The highest BCUT2D eigenvalue weighted by molar-refractivity contribution is 5.95. The number of hydrogen-bond acceptors (Lipinski definition) is 3. The molecule has 0 aromatic heterocycles. The van der Waals surface area contributed by atoms with E-state index >= 15 is 0 Å². The lowest BCUT2D eigenvalue weighted by Crippen LogP contribution is -2.38. The number of carbonyl (C=O) groups excluding carboxylic acids is 1. The number of benzene rings is 1. The predicted octanol–water partition coefficient (Wildman–Crippen LogP) is 3.30. The van der Waals surface area contributed by atoms with E-state index < -0.39 is 16.6 Å². The number of hydrogen-bond donors (Lipinski definition) is 0. The van der Waals surface area contributed by atoms with Crippen LogP contribution in [0.5, 0.6) is 0 Å². The van der Waals surface area contributed by atoms with Crippen molar-refractivity contribution in [2.45, 2.75) is 33.1 Å². The second-order valence-electron chi connectivity index (χ2n) is 5.53. The molecule has 1 saturated heterocycles. The Morgan fingerprint density at radius 1 is 1.43 bits per heavy atom. The van der Waals surface area contributed by atoms with Crippen LogP contribution in [0.1, 0.15) is 42.1 Å². The number of piperidine rings is 1. The monoisotopic (exact) mass is 294 g/mol. The first-order chi connectivity index (χ1) is 9.93. The molecule has 2 rings (SSSR count). The maximum Gasteiger partial charge on any atom is 0.270 e. The van der Waals surface area contributed by atoms with Gasteiger partial charge in [0.15, 0.2) is 0 Å². The molecule has 0 spiro atoms. The van der Waals surface area contributed by atoms with Crippen molar-refractivity contribution in [2.75, 3.05) is 13.1 Å². The molecule has 1 aliphatic rings. The van der Waals surface area contributed by atoms with E-state index in [0.29, 0.717) is 19.0 Å². The number of nitrogens with zero attached hydrogens (tertiary/aromatic N) is 2. The highest BCUT2D eigenvalue weighted by Gasteiger charge is 2.27. The largest absolute Gasteiger partial charge is 0.339 e. The van der Waals surface area contributed by atoms with Crippen molar-refractivity contribution >= 4 is 11.6 Å². The topological polar surface area (TPSA) is 63.5 Å². The van der Waals surface area contributed by atoms with Gasteiger partial charge in [-0.3, -0.25) is 14.9 Å². The van der Waals surface area contributed by atoms with Crippen molar-refractivity contribution in [3.63, 3.8) is 0 Å². The minimum Gasteiger partial charge on any atom is -0.339 e. The van der Waals surface area contributed by atoms with E-state index in [1.54, 1.807) is 4.90 Å². The van der Waals surface area contributed by atoms with Crippen LogP contribution in [0.2, 0.25) is 0 Å². The molecule has 6 heteroatoms. The van der Waals surface area contributed by atoms with Gasteiger partial charge in [-0.05, 0) is 31.2 Å². The molecule has 1 fully saturated rings. The first-order valence-corrected chi connectivity index (χ1v) is 7.17. The minimum absolute atomic E-state index is 0.121. The van der Waals surface area contributed by atoms with Crippen LogP contribution >= 0.6 is 0 Å². The number of nitro groups is 1. The van der Waals surface area contributed by atoms with E-state index in [9.17, 15) is 19.3 Å². The van der Waals surface area contributed by atoms with Crippen LogP contribution in [0.4, 0.5) is 10.1 Å². The summed E-state index contributed by atoms with van der Waals surface area (Å²) < 4.78 is 14.1. The van der Waals surface area contributed by atoms with E-state index in [4.69, 9.17) is 0 Å². The quantitative estimate of drug-likeness (QED) is 0.634. The SMILES string of the molecule is CCC1CCN(C(=O)c2cc([N+](=O)[O-])cc(C)c2F)CC1. The number of amides is 1.